The number of ether oxygens (including phenoxy) is 1. The largest absolute Gasteiger partial charge is 0.372 e. The van der Waals surface area contributed by atoms with E-state index >= 15 is 0 Å². The highest BCUT2D eigenvalue weighted by atomic mass is 16.5. The van der Waals surface area contributed by atoms with Gasteiger partial charge in [-0.15, -0.1) is 0 Å². The lowest BCUT2D eigenvalue weighted by Crippen LogP contribution is -2.34. The molecule has 0 aliphatic heterocycles. The maximum atomic E-state index is 5.91. The summed E-state index contributed by atoms with van der Waals surface area (Å²) in [4.78, 5) is 4.24. The van der Waals surface area contributed by atoms with Crippen molar-refractivity contribution in [1.82, 2.24) is 10.4 Å². The van der Waals surface area contributed by atoms with Crippen molar-refractivity contribution in [1.29, 1.82) is 0 Å². The zero-order chi connectivity index (χ0) is 14.4. The summed E-state index contributed by atoms with van der Waals surface area (Å²) in [5.74, 6) is 5.77. The van der Waals surface area contributed by atoms with Gasteiger partial charge in [0, 0.05) is 19.0 Å². The van der Waals surface area contributed by atoms with Gasteiger partial charge in [0.25, 0.3) is 0 Å². The molecule has 2 unspecified atom stereocenters. The fourth-order valence-electron chi connectivity index (χ4n) is 2.31. The smallest absolute Gasteiger partial charge is 0.103 e. The number of aromatic nitrogens is 1. The minimum absolute atomic E-state index is 0.134. The zero-order valence-corrected chi connectivity index (χ0v) is 11.9. The number of benzene rings is 1. The van der Waals surface area contributed by atoms with E-state index in [1.807, 2.05) is 56.6 Å². The van der Waals surface area contributed by atoms with E-state index in [4.69, 9.17) is 10.6 Å². The van der Waals surface area contributed by atoms with E-state index in [2.05, 4.69) is 16.5 Å². The highest BCUT2D eigenvalue weighted by molar-refractivity contribution is 5.26. The summed E-state index contributed by atoms with van der Waals surface area (Å²) in [5, 5.41) is 0. The molecule has 0 fully saturated rings. The quantitative estimate of drug-likeness (QED) is 0.626. The molecule has 0 saturated heterocycles. The summed E-state index contributed by atoms with van der Waals surface area (Å²) < 4.78 is 5.91. The van der Waals surface area contributed by atoms with Crippen LogP contribution in [0.4, 0.5) is 0 Å². The molecule has 0 bridgehead atoms. The van der Waals surface area contributed by atoms with Crippen molar-refractivity contribution in [3.63, 3.8) is 0 Å². The number of hydrogen-bond donors (Lipinski definition) is 2. The van der Waals surface area contributed by atoms with Gasteiger partial charge in [-0.1, -0.05) is 36.4 Å². The Balaban J connectivity index is 2.35. The number of hydrazine groups is 1. The van der Waals surface area contributed by atoms with Crippen molar-refractivity contribution >= 4 is 0 Å². The minimum atomic E-state index is -0.144. The maximum absolute atomic E-state index is 5.91. The molecule has 0 spiro atoms. The molecule has 4 nitrogen and oxygen atoms in total. The Bertz CT molecular complexity index is 530. The first kappa shape index (κ1) is 14.7. The molecular formula is C16H21N3O. The predicted octanol–water partition coefficient (Wildman–Crippen LogP) is 2.67. The molecule has 1 heterocycles. The zero-order valence-electron chi connectivity index (χ0n) is 11.9. The molecule has 2 aromatic rings. The van der Waals surface area contributed by atoms with Crippen molar-refractivity contribution in [2.24, 2.45) is 5.84 Å². The van der Waals surface area contributed by atoms with Crippen LogP contribution in [-0.2, 0) is 4.74 Å². The van der Waals surface area contributed by atoms with Crippen molar-refractivity contribution in [3.8, 4) is 0 Å². The molecular weight excluding hydrogens is 250 g/mol. The van der Waals surface area contributed by atoms with Crippen LogP contribution in [0.25, 0.3) is 0 Å². The Labute approximate surface area is 120 Å². The third-order valence-electron chi connectivity index (χ3n) is 3.21. The molecule has 1 aromatic carbocycles. The summed E-state index contributed by atoms with van der Waals surface area (Å²) in [5.41, 5.74) is 6.09. The number of aryl methyl sites for hydroxylation is 1. The molecule has 2 atom stereocenters. The van der Waals surface area contributed by atoms with Gasteiger partial charge < -0.3 is 4.74 Å². The second-order valence-electron chi connectivity index (χ2n) is 4.73. The Morgan fingerprint density at radius 3 is 2.55 bits per heavy atom. The van der Waals surface area contributed by atoms with Gasteiger partial charge in [-0.2, -0.15) is 0 Å². The van der Waals surface area contributed by atoms with E-state index < -0.39 is 0 Å². The molecule has 0 aliphatic carbocycles. The molecule has 3 N–H and O–H groups in total. The lowest BCUT2D eigenvalue weighted by molar-refractivity contribution is 0.0326. The van der Waals surface area contributed by atoms with E-state index in [9.17, 15) is 0 Å². The van der Waals surface area contributed by atoms with Crippen LogP contribution in [0.5, 0.6) is 0 Å². The first-order valence-corrected chi connectivity index (χ1v) is 6.80. The topological polar surface area (TPSA) is 60.2 Å². The second kappa shape index (κ2) is 7.14. The van der Waals surface area contributed by atoms with E-state index in [0.717, 1.165) is 16.7 Å². The molecule has 2 rings (SSSR count). The number of nitrogens with zero attached hydrogens (tertiary/aromatic N) is 1. The molecule has 4 heteroatoms. The predicted molar refractivity (Wildman–Crippen MR) is 79.8 cm³/mol. The normalized spacial score (nSPS) is 13.9. The molecule has 0 aliphatic rings. The van der Waals surface area contributed by atoms with Gasteiger partial charge in [0.2, 0.25) is 0 Å². The van der Waals surface area contributed by atoms with Gasteiger partial charge in [-0.05, 0) is 30.5 Å². The number of hydrogen-bond acceptors (Lipinski definition) is 4. The lowest BCUT2D eigenvalue weighted by atomic mass is 9.96. The Kier molecular flexibility index (Phi) is 5.24. The number of nitrogens with two attached hydrogens (primary N) is 1. The summed E-state index contributed by atoms with van der Waals surface area (Å²) in [6.07, 6.45) is 3.51. The number of nitrogens with one attached hydrogen (secondary N) is 1. The van der Waals surface area contributed by atoms with E-state index in [0.29, 0.717) is 6.61 Å². The van der Waals surface area contributed by atoms with Crippen molar-refractivity contribution in [2.75, 3.05) is 6.61 Å². The average Bonchev–Trinajstić information content (AvgIpc) is 2.48. The summed E-state index contributed by atoms with van der Waals surface area (Å²) in [6, 6.07) is 12.0. The van der Waals surface area contributed by atoms with E-state index in [1.54, 1.807) is 0 Å². The van der Waals surface area contributed by atoms with Crippen LogP contribution in [0.1, 0.15) is 35.8 Å². The van der Waals surface area contributed by atoms with Crippen LogP contribution in [0.15, 0.2) is 48.8 Å². The van der Waals surface area contributed by atoms with Crippen LogP contribution >= 0.6 is 0 Å². The van der Waals surface area contributed by atoms with Crippen LogP contribution in [-0.4, -0.2) is 11.6 Å². The van der Waals surface area contributed by atoms with Crippen molar-refractivity contribution in [3.05, 3.63) is 65.5 Å². The van der Waals surface area contributed by atoms with Crippen LogP contribution in [0, 0.1) is 6.92 Å². The number of rotatable bonds is 6. The van der Waals surface area contributed by atoms with Gasteiger partial charge in [0.15, 0.2) is 0 Å². The van der Waals surface area contributed by atoms with Gasteiger partial charge in [-0.25, -0.2) is 5.43 Å². The fourth-order valence-corrected chi connectivity index (χ4v) is 2.31. The summed E-state index contributed by atoms with van der Waals surface area (Å²) in [7, 11) is 0. The standard InChI is InChI=1S/C16H21N3O/c1-3-20-16(13-7-5-4-6-8-13)15(19-17)14-9-12(2)10-18-11-14/h4-11,15-16,19H,3,17H2,1-2H3. The SMILES string of the molecule is CCOC(c1ccccc1)C(NN)c1cncc(C)c1. The van der Waals surface area contributed by atoms with E-state index in [-0.39, 0.29) is 12.1 Å². The lowest BCUT2D eigenvalue weighted by Gasteiger charge is -2.27. The molecule has 0 amide bonds. The highest BCUT2D eigenvalue weighted by Crippen LogP contribution is 2.31. The molecule has 0 radical (unpaired) electrons. The molecule has 106 valence electrons. The summed E-state index contributed by atoms with van der Waals surface area (Å²) in [6.45, 7) is 4.62. The van der Waals surface area contributed by atoms with Gasteiger partial charge in [-0.3, -0.25) is 10.8 Å². The maximum Gasteiger partial charge on any atom is 0.103 e. The Morgan fingerprint density at radius 1 is 1.20 bits per heavy atom. The first-order valence-electron chi connectivity index (χ1n) is 6.80. The van der Waals surface area contributed by atoms with E-state index in [1.165, 1.54) is 0 Å². The first-order chi connectivity index (χ1) is 9.76. The average molecular weight is 271 g/mol. The summed E-state index contributed by atoms with van der Waals surface area (Å²) >= 11 is 0. The molecule has 1 aromatic heterocycles. The van der Waals surface area contributed by atoms with Crippen molar-refractivity contribution < 1.29 is 4.74 Å². The second-order valence-corrected chi connectivity index (χ2v) is 4.73. The fraction of sp³-hybridized carbons (Fsp3) is 0.312. The minimum Gasteiger partial charge on any atom is -0.372 e. The number of pyridine rings is 1. The highest BCUT2D eigenvalue weighted by Gasteiger charge is 2.24. The third-order valence-corrected chi connectivity index (χ3v) is 3.21. The van der Waals surface area contributed by atoms with Gasteiger partial charge in [0.05, 0.1) is 6.04 Å². The third kappa shape index (κ3) is 3.42. The van der Waals surface area contributed by atoms with Crippen molar-refractivity contribution in [2.45, 2.75) is 26.0 Å². The molecule has 0 saturated carbocycles. The van der Waals surface area contributed by atoms with Crippen LogP contribution in [0.3, 0.4) is 0 Å². The molecule has 20 heavy (non-hydrogen) atoms. The van der Waals surface area contributed by atoms with Gasteiger partial charge >= 0.3 is 0 Å². The van der Waals surface area contributed by atoms with Gasteiger partial charge in [0.1, 0.15) is 6.10 Å². The van der Waals surface area contributed by atoms with Crippen LogP contribution < -0.4 is 11.3 Å². The monoisotopic (exact) mass is 271 g/mol. The van der Waals surface area contributed by atoms with Crippen LogP contribution in [0.2, 0.25) is 0 Å². The Morgan fingerprint density at radius 2 is 1.95 bits per heavy atom. The Hall–Kier alpha value is -1.75.